The molecule has 0 aliphatic carbocycles. The summed E-state index contributed by atoms with van der Waals surface area (Å²) in [6.45, 7) is 2.04. The number of rotatable bonds is 3. The van der Waals surface area contributed by atoms with Crippen molar-refractivity contribution in [3.63, 3.8) is 0 Å². The largest absolute Gasteiger partial charge is 0.298 e. The van der Waals surface area contributed by atoms with Crippen LogP contribution >= 0.6 is 23.4 Å². The number of hydrogen-bond acceptors (Lipinski definition) is 5. The number of benzene rings is 2. The highest BCUT2D eigenvalue weighted by molar-refractivity contribution is 8.13. The third kappa shape index (κ3) is 3.22. The number of hydrogen-bond donors (Lipinski definition) is 1. The standard InChI is InChI=1S/C19H17ClN4OS/c1-2-16-21-15-6-4-3-5-14(15)17-18(25)22-19(23-24(16)17)26-11-12-7-9-13(20)10-8-12/h3-10,16H,2,11H2,1H3,(H,22,23,25)/t16-/m1/s1. The highest BCUT2D eigenvalue weighted by Gasteiger charge is 2.32. The Bertz CT molecular complexity index is 1000. The summed E-state index contributed by atoms with van der Waals surface area (Å²) in [5, 5.41) is 12.3. The summed E-state index contributed by atoms with van der Waals surface area (Å²) in [6, 6.07) is 15.4. The van der Waals surface area contributed by atoms with Crippen molar-refractivity contribution in [1.82, 2.24) is 10.3 Å². The van der Waals surface area contributed by atoms with Crippen LogP contribution in [0.2, 0.25) is 5.02 Å². The number of amides is 1. The lowest BCUT2D eigenvalue weighted by atomic mass is 10.1. The average Bonchev–Trinajstić information content (AvgIpc) is 2.66. The maximum absolute atomic E-state index is 12.8. The molecule has 0 spiro atoms. The Balaban J connectivity index is 1.65. The second-order valence-corrected chi connectivity index (χ2v) is 7.40. The molecule has 2 aromatic carbocycles. The van der Waals surface area contributed by atoms with Gasteiger partial charge in [-0.1, -0.05) is 60.6 Å². The lowest BCUT2D eigenvalue weighted by molar-refractivity contribution is -0.116. The zero-order chi connectivity index (χ0) is 18.1. The minimum absolute atomic E-state index is 0.139. The Labute approximate surface area is 160 Å². The van der Waals surface area contributed by atoms with Gasteiger partial charge in [-0.2, -0.15) is 0 Å². The SMILES string of the molecule is CC[C@@H]1N=c2ccccc2=C2C(=O)NC(SCc3ccc(Cl)cc3)=NN21. The van der Waals surface area contributed by atoms with Gasteiger partial charge in [-0.05, 0) is 30.2 Å². The summed E-state index contributed by atoms with van der Waals surface area (Å²) in [5.74, 6) is 0.559. The number of carbonyl (C=O) groups excluding carboxylic acids is 1. The number of amidine groups is 1. The Morgan fingerprint density at radius 1 is 1.19 bits per heavy atom. The maximum atomic E-state index is 12.8. The van der Waals surface area contributed by atoms with Crippen LogP contribution < -0.4 is 15.9 Å². The lowest BCUT2D eigenvalue weighted by Gasteiger charge is -2.33. The normalized spacial score (nSPS) is 18.5. The Kier molecular flexibility index (Phi) is 4.70. The lowest BCUT2D eigenvalue weighted by Crippen LogP contribution is -2.52. The molecule has 132 valence electrons. The molecule has 0 saturated heterocycles. The van der Waals surface area contributed by atoms with Crippen molar-refractivity contribution >= 4 is 40.1 Å². The molecule has 2 aromatic rings. The third-order valence-electron chi connectivity index (χ3n) is 4.25. The van der Waals surface area contributed by atoms with Gasteiger partial charge in [-0.15, -0.1) is 5.10 Å². The number of carbonyl (C=O) groups is 1. The molecule has 0 fully saturated rings. The van der Waals surface area contributed by atoms with Gasteiger partial charge in [0.15, 0.2) is 5.17 Å². The monoisotopic (exact) mass is 384 g/mol. The summed E-state index contributed by atoms with van der Waals surface area (Å²) in [5.41, 5.74) is 1.69. The fraction of sp³-hybridized carbons (Fsp3) is 0.211. The van der Waals surface area contributed by atoms with Crippen LogP contribution in [0.4, 0.5) is 0 Å². The molecule has 2 aliphatic heterocycles. The zero-order valence-corrected chi connectivity index (χ0v) is 15.7. The molecule has 4 rings (SSSR count). The number of halogens is 1. The van der Waals surface area contributed by atoms with E-state index in [0.29, 0.717) is 21.6 Å². The number of nitrogens with one attached hydrogen (secondary N) is 1. The summed E-state index contributed by atoms with van der Waals surface area (Å²) in [7, 11) is 0. The van der Waals surface area contributed by atoms with E-state index in [1.165, 1.54) is 11.8 Å². The first-order valence-corrected chi connectivity index (χ1v) is 9.75. The molecule has 1 amide bonds. The molecule has 2 heterocycles. The summed E-state index contributed by atoms with van der Waals surface area (Å²) < 4.78 is 0. The van der Waals surface area contributed by atoms with Crippen molar-refractivity contribution in [1.29, 1.82) is 0 Å². The Morgan fingerprint density at radius 3 is 2.73 bits per heavy atom. The molecular weight excluding hydrogens is 368 g/mol. The van der Waals surface area contributed by atoms with Gasteiger partial charge < -0.3 is 0 Å². The summed E-state index contributed by atoms with van der Waals surface area (Å²) in [4.78, 5) is 17.5. The average molecular weight is 385 g/mol. The first-order chi connectivity index (χ1) is 12.7. The van der Waals surface area contributed by atoms with Crippen molar-refractivity contribution in [2.45, 2.75) is 25.3 Å². The zero-order valence-electron chi connectivity index (χ0n) is 14.1. The Hall–Kier alpha value is -2.31. The van der Waals surface area contributed by atoms with E-state index < -0.39 is 0 Å². The van der Waals surface area contributed by atoms with Crippen molar-refractivity contribution in [2.24, 2.45) is 10.1 Å². The van der Waals surface area contributed by atoms with Crippen LogP contribution in [0, 0.1) is 0 Å². The quantitative estimate of drug-likeness (QED) is 0.884. The van der Waals surface area contributed by atoms with Gasteiger partial charge >= 0.3 is 0 Å². The van der Waals surface area contributed by atoms with Crippen LogP contribution in [-0.2, 0) is 10.5 Å². The van der Waals surface area contributed by atoms with Gasteiger partial charge in [0.2, 0.25) is 0 Å². The highest BCUT2D eigenvalue weighted by Crippen LogP contribution is 2.23. The predicted molar refractivity (Wildman–Crippen MR) is 105 cm³/mol. The van der Waals surface area contributed by atoms with Gasteiger partial charge in [-0.25, -0.2) is 5.01 Å². The fourth-order valence-electron chi connectivity index (χ4n) is 2.96. The van der Waals surface area contributed by atoms with Crippen LogP contribution in [0.15, 0.2) is 58.6 Å². The molecule has 1 N–H and O–H groups in total. The molecule has 1 atom stereocenters. The van der Waals surface area contributed by atoms with E-state index in [4.69, 9.17) is 16.6 Å². The molecule has 26 heavy (non-hydrogen) atoms. The molecular formula is C19H17ClN4OS. The molecule has 0 aromatic heterocycles. The molecule has 0 saturated carbocycles. The van der Waals surface area contributed by atoms with Crippen molar-refractivity contribution in [2.75, 3.05) is 0 Å². The highest BCUT2D eigenvalue weighted by atomic mass is 35.5. The van der Waals surface area contributed by atoms with Gasteiger partial charge in [-0.3, -0.25) is 15.1 Å². The number of fused-ring (bicyclic) bond motifs is 2. The smallest absolute Gasteiger partial charge is 0.276 e. The van der Waals surface area contributed by atoms with Crippen molar-refractivity contribution < 1.29 is 4.79 Å². The van der Waals surface area contributed by atoms with E-state index in [-0.39, 0.29) is 12.1 Å². The number of hydrazone groups is 1. The third-order valence-corrected chi connectivity index (χ3v) is 5.43. The van der Waals surface area contributed by atoms with E-state index in [2.05, 4.69) is 10.4 Å². The van der Waals surface area contributed by atoms with Gasteiger partial charge in [0.1, 0.15) is 11.9 Å². The van der Waals surface area contributed by atoms with Crippen LogP contribution in [-0.4, -0.2) is 22.2 Å². The second-order valence-electron chi connectivity index (χ2n) is 6.00. The van der Waals surface area contributed by atoms with E-state index in [9.17, 15) is 4.79 Å². The minimum atomic E-state index is -0.169. The van der Waals surface area contributed by atoms with Crippen LogP contribution in [0.5, 0.6) is 0 Å². The van der Waals surface area contributed by atoms with Crippen molar-refractivity contribution in [3.05, 3.63) is 69.7 Å². The van der Waals surface area contributed by atoms with E-state index in [0.717, 1.165) is 22.6 Å². The number of para-hydroxylation sites is 1. The maximum Gasteiger partial charge on any atom is 0.276 e. The van der Waals surface area contributed by atoms with E-state index >= 15 is 0 Å². The molecule has 0 radical (unpaired) electrons. The number of thioether (sulfide) groups is 1. The van der Waals surface area contributed by atoms with E-state index in [1.54, 1.807) is 5.01 Å². The van der Waals surface area contributed by atoms with Gasteiger partial charge in [0.05, 0.1) is 5.36 Å². The van der Waals surface area contributed by atoms with Crippen molar-refractivity contribution in [3.8, 4) is 0 Å². The van der Waals surface area contributed by atoms with Gasteiger partial charge in [0, 0.05) is 16.0 Å². The first-order valence-electron chi connectivity index (χ1n) is 8.39. The van der Waals surface area contributed by atoms with E-state index in [1.807, 2.05) is 55.5 Å². The molecule has 7 heteroatoms. The molecule has 5 nitrogen and oxygen atoms in total. The molecule has 0 unspecified atom stereocenters. The van der Waals surface area contributed by atoms with Crippen LogP contribution in [0.1, 0.15) is 18.9 Å². The second kappa shape index (κ2) is 7.13. The van der Waals surface area contributed by atoms with Crippen LogP contribution in [0.3, 0.4) is 0 Å². The summed E-state index contributed by atoms with van der Waals surface area (Å²) in [6.07, 6.45) is 0.598. The topological polar surface area (TPSA) is 57.1 Å². The van der Waals surface area contributed by atoms with Gasteiger partial charge in [0.25, 0.3) is 5.91 Å². The molecule has 0 bridgehead atoms. The minimum Gasteiger partial charge on any atom is -0.298 e. The molecule has 2 aliphatic rings. The first kappa shape index (κ1) is 17.1. The fourth-order valence-corrected chi connectivity index (χ4v) is 3.89. The predicted octanol–water partition coefficient (Wildman–Crippen LogP) is 2.45. The summed E-state index contributed by atoms with van der Waals surface area (Å²) >= 11 is 7.41. The Morgan fingerprint density at radius 2 is 1.96 bits per heavy atom. The number of nitrogens with zero attached hydrogens (tertiary/aromatic N) is 3. The van der Waals surface area contributed by atoms with Crippen LogP contribution in [0.25, 0.3) is 5.70 Å².